The molecule has 0 spiro atoms. The van der Waals surface area contributed by atoms with Crippen molar-refractivity contribution in [1.82, 2.24) is 35.6 Å². The molecule has 2 heterocycles. The highest BCUT2D eigenvalue weighted by molar-refractivity contribution is 5.89. The van der Waals surface area contributed by atoms with Crippen LogP contribution in [0, 0.1) is 23.7 Å². The Labute approximate surface area is 406 Å². The predicted octanol–water partition coefficient (Wildman–Crippen LogP) is 5.21. The summed E-state index contributed by atoms with van der Waals surface area (Å²) in [5.41, 5.74) is 1.28. The van der Waals surface area contributed by atoms with Crippen molar-refractivity contribution in [3.05, 3.63) is 59.9 Å². The second kappa shape index (κ2) is 26.9. The van der Waals surface area contributed by atoms with E-state index in [0.717, 1.165) is 12.0 Å². The Morgan fingerprint density at radius 2 is 1.56 bits per heavy atom. The molecular formula is C51H84N8O9. The summed E-state index contributed by atoms with van der Waals surface area (Å²) in [7, 11) is 8.65. The first kappa shape index (κ1) is 57.6. The summed E-state index contributed by atoms with van der Waals surface area (Å²) < 4.78 is 17.5. The second-order valence-corrected chi connectivity index (χ2v) is 20.2. The van der Waals surface area contributed by atoms with E-state index in [9.17, 15) is 29.1 Å². The highest BCUT2D eigenvalue weighted by atomic mass is 16.6. The minimum atomic E-state index is -0.982. The molecule has 1 aliphatic heterocycles. The molecule has 10 atom stereocenters. The number of hydrogen-bond donors (Lipinski definition) is 5. The number of aliphatic hydroxyl groups is 1. The van der Waals surface area contributed by atoms with Crippen molar-refractivity contribution in [2.75, 3.05) is 47.2 Å². The molecule has 68 heavy (non-hydrogen) atoms. The molecule has 382 valence electrons. The molecule has 1 aromatic carbocycles. The molecule has 0 aliphatic carbocycles. The SMILES string of the molecule is CC[C@H](C)[C@@H]([C@@H](CC(=O)N1CCC[C@H]1[C@H](OC)[C@@H](C)C(=O)N[C@@H](Cc1ccccn1)C(=O)NCc1ccc(NC(=O)OC(C)(C)C)cc1)OC)N(C)C(=O)[C@@H](NC(O)[C@H](C(C)C)N(C)C)C(C)C. The van der Waals surface area contributed by atoms with Gasteiger partial charge in [0.2, 0.25) is 23.6 Å². The van der Waals surface area contributed by atoms with E-state index in [2.05, 4.69) is 26.3 Å². The van der Waals surface area contributed by atoms with Crippen LogP contribution in [0.2, 0.25) is 0 Å². The quantitative estimate of drug-likeness (QED) is 0.0815. The maximum absolute atomic E-state index is 14.5. The van der Waals surface area contributed by atoms with Gasteiger partial charge in [0.15, 0.2) is 0 Å². The molecule has 1 fully saturated rings. The lowest BCUT2D eigenvalue weighted by Gasteiger charge is -2.42. The molecular weight excluding hydrogens is 869 g/mol. The summed E-state index contributed by atoms with van der Waals surface area (Å²) in [6.07, 6.45) is 0.880. The van der Waals surface area contributed by atoms with E-state index in [4.69, 9.17) is 14.2 Å². The standard InChI is InChI=1S/C51H84N8O9/c1-16-33(6)44(58(13)49(64)42(31(2)3)56-48(63)43(32(4)5)57(11)12)40(66-14)29-41(60)59-27-19-21-39(59)45(67-15)34(7)46(61)55-38(28-37-20-17-18-26-52-37)47(62)53-30-35-22-24-36(25-23-35)54-50(65)68-51(8,9)10/h17-18,20,22-26,31-34,38-40,42-45,48,56,63H,16,19,21,27-30H2,1-15H3,(H,53,62)(H,54,65)(H,55,61)/t33-,34+,38-,39-,40+,42-,43-,44-,45+,48?/m0/s1. The summed E-state index contributed by atoms with van der Waals surface area (Å²) in [4.78, 5) is 78.9. The lowest BCUT2D eigenvalue weighted by atomic mass is 9.89. The fourth-order valence-corrected chi connectivity index (χ4v) is 9.28. The zero-order valence-corrected chi connectivity index (χ0v) is 43.5. The molecule has 17 nitrogen and oxygen atoms in total. The second-order valence-electron chi connectivity index (χ2n) is 20.2. The molecule has 1 aromatic heterocycles. The molecule has 3 rings (SSSR count). The van der Waals surface area contributed by atoms with Crippen LogP contribution in [0.25, 0.3) is 0 Å². The Kier molecular flexibility index (Phi) is 22.8. The third kappa shape index (κ3) is 16.8. The van der Waals surface area contributed by atoms with Gasteiger partial charge in [0.05, 0.1) is 48.7 Å². The van der Waals surface area contributed by atoms with E-state index in [-0.39, 0.29) is 55.0 Å². The fraction of sp³-hybridized carbons (Fsp3) is 0.686. The van der Waals surface area contributed by atoms with Crippen LogP contribution in [-0.4, -0.2) is 151 Å². The lowest BCUT2D eigenvalue weighted by Crippen LogP contribution is -2.61. The number of nitrogens with zero attached hydrogens (tertiary/aromatic N) is 4. The van der Waals surface area contributed by atoms with Crippen LogP contribution in [0.3, 0.4) is 0 Å². The Bertz CT molecular complexity index is 1890. The lowest BCUT2D eigenvalue weighted by molar-refractivity contribution is -0.148. The summed E-state index contributed by atoms with van der Waals surface area (Å²) in [5.74, 6) is -2.04. The third-order valence-electron chi connectivity index (χ3n) is 13.0. The number of hydrogen-bond acceptors (Lipinski definition) is 12. The van der Waals surface area contributed by atoms with Crippen LogP contribution in [0.1, 0.15) is 106 Å². The number of pyridine rings is 1. The van der Waals surface area contributed by atoms with Crippen LogP contribution in [-0.2, 0) is 46.4 Å². The van der Waals surface area contributed by atoms with Gasteiger partial charge in [0, 0.05) is 58.4 Å². The van der Waals surface area contributed by atoms with Crippen molar-refractivity contribution >= 4 is 35.4 Å². The topological polar surface area (TPSA) is 204 Å². The van der Waals surface area contributed by atoms with E-state index < -0.39 is 72.0 Å². The predicted molar refractivity (Wildman–Crippen MR) is 264 cm³/mol. The molecule has 0 bridgehead atoms. The first-order valence-corrected chi connectivity index (χ1v) is 24.2. The number of carbonyl (C=O) groups excluding carboxylic acids is 5. The number of likely N-dealkylation sites (tertiary alicyclic amines) is 1. The first-order chi connectivity index (χ1) is 31.9. The van der Waals surface area contributed by atoms with Crippen molar-refractivity contribution in [2.45, 2.75) is 162 Å². The molecule has 0 radical (unpaired) electrons. The number of nitrogens with one attached hydrogen (secondary N) is 4. The minimum Gasteiger partial charge on any atom is -0.444 e. The van der Waals surface area contributed by atoms with E-state index in [1.54, 1.807) is 94.2 Å². The van der Waals surface area contributed by atoms with E-state index >= 15 is 0 Å². The Morgan fingerprint density at radius 1 is 0.897 bits per heavy atom. The van der Waals surface area contributed by atoms with Gasteiger partial charge in [-0.05, 0) is 95.3 Å². The van der Waals surface area contributed by atoms with Gasteiger partial charge >= 0.3 is 6.09 Å². The number of benzene rings is 1. The largest absolute Gasteiger partial charge is 0.444 e. The van der Waals surface area contributed by atoms with E-state index in [1.807, 2.05) is 66.6 Å². The normalized spacial score (nSPS) is 18.2. The molecule has 2 aromatic rings. The van der Waals surface area contributed by atoms with Crippen LogP contribution < -0.4 is 21.3 Å². The average Bonchev–Trinajstić information content (AvgIpc) is 3.76. The monoisotopic (exact) mass is 953 g/mol. The number of aromatic nitrogens is 1. The number of likely N-dealkylation sites (N-methyl/N-ethyl adjacent to an activating group) is 2. The summed E-state index contributed by atoms with van der Waals surface area (Å²) in [6.45, 7) is 19.7. The van der Waals surface area contributed by atoms with E-state index in [1.165, 1.54) is 7.11 Å². The number of aliphatic hydroxyl groups excluding tert-OH is 1. The van der Waals surface area contributed by atoms with Gasteiger partial charge in [-0.3, -0.25) is 34.8 Å². The molecule has 1 aliphatic rings. The van der Waals surface area contributed by atoms with Gasteiger partial charge in [0.1, 0.15) is 17.9 Å². The number of carbonyl (C=O) groups is 5. The van der Waals surface area contributed by atoms with Crippen molar-refractivity contribution in [3.63, 3.8) is 0 Å². The highest BCUT2D eigenvalue weighted by Crippen LogP contribution is 2.30. The van der Waals surface area contributed by atoms with Crippen molar-refractivity contribution in [2.24, 2.45) is 23.7 Å². The van der Waals surface area contributed by atoms with Gasteiger partial charge in [-0.15, -0.1) is 0 Å². The first-order valence-electron chi connectivity index (χ1n) is 24.2. The number of anilines is 1. The summed E-state index contributed by atoms with van der Waals surface area (Å²) >= 11 is 0. The van der Waals surface area contributed by atoms with Crippen LogP contribution in [0.15, 0.2) is 48.7 Å². The van der Waals surface area contributed by atoms with Gasteiger partial charge in [-0.2, -0.15) is 0 Å². The van der Waals surface area contributed by atoms with Gasteiger partial charge in [0.25, 0.3) is 0 Å². The zero-order valence-electron chi connectivity index (χ0n) is 43.5. The molecule has 1 unspecified atom stereocenters. The number of ether oxygens (including phenoxy) is 3. The average molecular weight is 953 g/mol. The molecule has 5 N–H and O–H groups in total. The molecule has 1 saturated heterocycles. The van der Waals surface area contributed by atoms with Crippen LogP contribution in [0.4, 0.5) is 10.5 Å². The molecule has 5 amide bonds. The Morgan fingerprint density at radius 3 is 2.09 bits per heavy atom. The third-order valence-corrected chi connectivity index (χ3v) is 13.0. The Balaban J connectivity index is 1.77. The number of rotatable bonds is 25. The van der Waals surface area contributed by atoms with Crippen molar-refractivity contribution < 1.29 is 43.3 Å². The van der Waals surface area contributed by atoms with Crippen molar-refractivity contribution in [1.29, 1.82) is 0 Å². The summed E-state index contributed by atoms with van der Waals surface area (Å²) in [5, 5.41) is 23.1. The van der Waals surface area contributed by atoms with Gasteiger partial charge in [-0.1, -0.05) is 73.1 Å². The maximum atomic E-state index is 14.5. The maximum Gasteiger partial charge on any atom is 0.412 e. The van der Waals surface area contributed by atoms with Crippen LogP contribution in [0.5, 0.6) is 0 Å². The van der Waals surface area contributed by atoms with Crippen LogP contribution >= 0.6 is 0 Å². The number of methoxy groups -OCH3 is 2. The fourth-order valence-electron chi connectivity index (χ4n) is 9.28. The molecule has 17 heteroatoms. The Hall–Kier alpha value is -4.68. The zero-order chi connectivity index (χ0) is 51.0. The molecule has 0 saturated carbocycles. The van der Waals surface area contributed by atoms with Crippen molar-refractivity contribution in [3.8, 4) is 0 Å². The van der Waals surface area contributed by atoms with E-state index in [0.29, 0.717) is 30.8 Å². The minimum absolute atomic E-state index is 0.00953. The highest BCUT2D eigenvalue weighted by Gasteiger charge is 2.43. The summed E-state index contributed by atoms with van der Waals surface area (Å²) in [6, 6.07) is 9.54. The van der Waals surface area contributed by atoms with Gasteiger partial charge in [-0.25, -0.2) is 4.79 Å². The number of amides is 5. The smallest absolute Gasteiger partial charge is 0.412 e. The van der Waals surface area contributed by atoms with Gasteiger partial charge < -0.3 is 44.7 Å².